The van der Waals surface area contributed by atoms with Crippen molar-refractivity contribution in [1.82, 2.24) is 0 Å². The standard InChI is InChI=1S/C30H24BN/c1-23-14-18-28(19-15-23)31(27-11-3-2-4-12-27)30(22-29-13-7-8-20-32(29)31)26-17-16-24-9-5-6-10-25(24)21-26/h2-22H,1H3. The average molecular weight is 409 g/mol. The molecule has 1 aliphatic heterocycles. The molecule has 0 aliphatic carbocycles. The first-order valence-electron chi connectivity index (χ1n) is 11.3. The fourth-order valence-electron chi connectivity index (χ4n) is 5.52. The van der Waals surface area contributed by atoms with Crippen molar-refractivity contribution < 1.29 is 4.48 Å². The molecule has 2 heterocycles. The van der Waals surface area contributed by atoms with Crippen LogP contribution < -0.4 is 15.4 Å². The van der Waals surface area contributed by atoms with Crippen molar-refractivity contribution in [3.63, 3.8) is 0 Å². The number of rotatable bonds is 3. The Morgan fingerprint density at radius 2 is 1.28 bits per heavy atom. The lowest BCUT2D eigenvalue weighted by atomic mass is 9.23. The molecule has 0 radical (unpaired) electrons. The minimum Gasteiger partial charge on any atom is -0.409 e. The molecule has 0 bridgehead atoms. The maximum absolute atomic E-state index is 2.49. The van der Waals surface area contributed by atoms with Gasteiger partial charge in [-0.3, -0.25) is 0 Å². The molecule has 0 saturated heterocycles. The average Bonchev–Trinajstić information content (AvgIpc) is 3.21. The highest BCUT2D eigenvalue weighted by atomic mass is 14.9. The van der Waals surface area contributed by atoms with Gasteiger partial charge in [0.15, 0.2) is 0 Å². The minimum atomic E-state index is -1.37. The van der Waals surface area contributed by atoms with Gasteiger partial charge in [-0.15, -0.1) is 16.4 Å². The number of hydrogen-bond acceptors (Lipinski definition) is 0. The number of nitrogens with zero attached hydrogens (tertiary/aromatic N) is 1. The van der Waals surface area contributed by atoms with E-state index in [0.717, 1.165) is 0 Å². The van der Waals surface area contributed by atoms with Crippen LogP contribution in [0.1, 0.15) is 16.8 Å². The zero-order valence-corrected chi connectivity index (χ0v) is 18.1. The van der Waals surface area contributed by atoms with Crippen molar-refractivity contribution in [2.75, 3.05) is 0 Å². The molecule has 152 valence electrons. The Kier molecular flexibility index (Phi) is 4.33. The molecule has 4 aromatic carbocycles. The molecule has 2 heteroatoms. The lowest BCUT2D eigenvalue weighted by Gasteiger charge is -2.35. The summed E-state index contributed by atoms with van der Waals surface area (Å²) in [5.74, 6) is 0. The Bertz CT molecular complexity index is 1470. The zero-order valence-electron chi connectivity index (χ0n) is 18.1. The summed E-state index contributed by atoms with van der Waals surface area (Å²) < 4.78 is 2.49. The Morgan fingerprint density at radius 3 is 2.09 bits per heavy atom. The summed E-state index contributed by atoms with van der Waals surface area (Å²) in [4.78, 5) is 0. The van der Waals surface area contributed by atoms with E-state index < -0.39 is 6.28 Å². The lowest BCUT2D eigenvalue weighted by Crippen LogP contribution is -2.78. The molecule has 5 aromatic rings. The van der Waals surface area contributed by atoms with Crippen molar-refractivity contribution in [2.24, 2.45) is 0 Å². The normalized spacial score (nSPS) is 17.2. The number of fused-ring (bicyclic) bond motifs is 2. The van der Waals surface area contributed by atoms with E-state index in [-0.39, 0.29) is 0 Å². The predicted molar refractivity (Wildman–Crippen MR) is 136 cm³/mol. The third-order valence-corrected chi connectivity index (χ3v) is 7.02. The van der Waals surface area contributed by atoms with Gasteiger partial charge in [-0.25, -0.2) is 0 Å². The van der Waals surface area contributed by atoms with E-state index in [1.165, 1.54) is 44.0 Å². The maximum atomic E-state index is 2.49. The molecule has 0 amide bonds. The smallest absolute Gasteiger partial charge is 0.361 e. The van der Waals surface area contributed by atoms with E-state index in [2.05, 4.69) is 139 Å². The molecule has 32 heavy (non-hydrogen) atoms. The van der Waals surface area contributed by atoms with Crippen molar-refractivity contribution in [3.8, 4) is 0 Å². The van der Waals surface area contributed by atoms with Crippen molar-refractivity contribution >= 4 is 39.5 Å². The van der Waals surface area contributed by atoms with Gasteiger partial charge in [0.05, 0.1) is 0 Å². The topological polar surface area (TPSA) is 3.88 Å². The highest BCUT2D eigenvalue weighted by molar-refractivity contribution is 7.10. The van der Waals surface area contributed by atoms with Crippen LogP contribution in [0.2, 0.25) is 0 Å². The summed E-state index contributed by atoms with van der Waals surface area (Å²) in [7, 11) is 0. The number of aromatic nitrogens is 1. The van der Waals surface area contributed by atoms with Gasteiger partial charge in [-0.1, -0.05) is 108 Å². The van der Waals surface area contributed by atoms with Gasteiger partial charge in [0.2, 0.25) is 0 Å². The molecule has 1 aromatic heterocycles. The molecule has 0 fully saturated rings. The summed E-state index contributed by atoms with van der Waals surface area (Å²) in [5.41, 5.74) is 7.80. The second-order valence-electron chi connectivity index (χ2n) is 8.84. The third-order valence-electron chi connectivity index (χ3n) is 7.02. The van der Waals surface area contributed by atoms with Crippen molar-refractivity contribution in [1.29, 1.82) is 0 Å². The first-order chi connectivity index (χ1) is 15.8. The van der Waals surface area contributed by atoms with Crippen LogP contribution in [0.5, 0.6) is 0 Å². The number of aryl methyl sites for hydroxylation is 1. The predicted octanol–water partition coefficient (Wildman–Crippen LogP) is 5.14. The van der Waals surface area contributed by atoms with Crippen LogP contribution in [-0.4, -0.2) is 6.28 Å². The molecule has 6 rings (SSSR count). The number of pyridine rings is 1. The molecule has 0 saturated carbocycles. The van der Waals surface area contributed by atoms with Crippen LogP contribution in [0, 0.1) is 6.92 Å². The van der Waals surface area contributed by atoms with Crippen molar-refractivity contribution in [3.05, 3.63) is 138 Å². The summed E-state index contributed by atoms with van der Waals surface area (Å²) in [6.07, 6.45) is 3.26. The number of hydrogen-bond donors (Lipinski definition) is 0. The second-order valence-corrected chi connectivity index (χ2v) is 8.84. The molecule has 1 aliphatic rings. The molecule has 1 unspecified atom stereocenters. The fraction of sp³-hybridized carbons (Fsp3) is 0.0333. The Labute approximate surface area is 189 Å². The highest BCUT2D eigenvalue weighted by Gasteiger charge is 2.48. The molecule has 1 atom stereocenters. The quantitative estimate of drug-likeness (QED) is 0.364. The van der Waals surface area contributed by atoms with Crippen LogP contribution in [0.3, 0.4) is 0 Å². The van der Waals surface area contributed by atoms with Gasteiger partial charge in [0.1, 0.15) is 11.9 Å². The summed E-state index contributed by atoms with van der Waals surface area (Å²) in [6, 6.07) is 42.1. The van der Waals surface area contributed by atoms with Gasteiger partial charge in [-0.2, -0.15) is 0 Å². The fourth-order valence-corrected chi connectivity index (χ4v) is 5.52. The molecular formula is C30H24BN. The van der Waals surface area contributed by atoms with E-state index in [9.17, 15) is 0 Å². The Morgan fingerprint density at radius 1 is 0.594 bits per heavy atom. The van der Waals surface area contributed by atoms with E-state index in [4.69, 9.17) is 0 Å². The van der Waals surface area contributed by atoms with Crippen LogP contribution >= 0.6 is 0 Å². The first-order valence-corrected chi connectivity index (χ1v) is 11.3. The van der Waals surface area contributed by atoms with Crippen molar-refractivity contribution in [2.45, 2.75) is 6.92 Å². The first kappa shape index (κ1) is 18.8. The van der Waals surface area contributed by atoms with E-state index >= 15 is 0 Å². The lowest BCUT2D eigenvalue weighted by molar-refractivity contribution is -0.538. The monoisotopic (exact) mass is 409 g/mol. The maximum Gasteiger partial charge on any atom is 0.361 e. The van der Waals surface area contributed by atoms with Gasteiger partial charge in [0.25, 0.3) is 0 Å². The molecule has 1 nitrogen and oxygen atoms in total. The molecule has 0 spiro atoms. The van der Waals surface area contributed by atoms with E-state index in [1.807, 2.05) is 0 Å². The van der Waals surface area contributed by atoms with E-state index in [0.29, 0.717) is 0 Å². The van der Waals surface area contributed by atoms with Gasteiger partial charge in [-0.05, 0) is 35.9 Å². The highest BCUT2D eigenvalue weighted by Crippen LogP contribution is 2.32. The third kappa shape index (κ3) is 2.76. The Hall–Kier alpha value is -3.91. The van der Waals surface area contributed by atoms with Crippen LogP contribution in [-0.2, 0) is 0 Å². The molecule has 0 N–H and O–H groups in total. The summed E-state index contributed by atoms with van der Waals surface area (Å²) in [5, 5.41) is 2.54. The minimum absolute atomic E-state index is 1.24. The summed E-state index contributed by atoms with van der Waals surface area (Å²) >= 11 is 0. The zero-order chi connectivity index (χ0) is 21.5. The van der Waals surface area contributed by atoms with Crippen LogP contribution in [0.25, 0.3) is 22.3 Å². The summed E-state index contributed by atoms with van der Waals surface area (Å²) in [6.45, 7) is 2.15. The number of benzene rings is 4. The largest absolute Gasteiger partial charge is 0.409 e. The van der Waals surface area contributed by atoms with E-state index in [1.54, 1.807) is 0 Å². The SMILES string of the molecule is Cc1ccc([B-]2(c3ccccc3)C(c3ccc4ccccc4c3)=Cc3cccc[n+]32)cc1. The van der Waals surface area contributed by atoms with Gasteiger partial charge >= 0.3 is 6.28 Å². The van der Waals surface area contributed by atoms with Crippen LogP contribution in [0.15, 0.2) is 121 Å². The Balaban J connectivity index is 1.71. The van der Waals surface area contributed by atoms with Gasteiger partial charge < -0.3 is 4.48 Å². The second kappa shape index (κ2) is 7.35. The van der Waals surface area contributed by atoms with Gasteiger partial charge in [0, 0.05) is 6.07 Å². The molecular weight excluding hydrogens is 385 g/mol. The van der Waals surface area contributed by atoms with Crippen LogP contribution in [0.4, 0.5) is 0 Å².